The standard InChI is InChI=1S/C31H34O2P2/c32-34(28-18-8-4-9-19-28,29-20-10-5-11-21-29)26-16-2-1-3-17-27-35(33,30-22-12-6-13-23-30)31-24-14-7-15-25-31/h4-15,18-25H,1-3,16-17,26-27H2. The third-order valence-corrected chi connectivity index (χ3v) is 13.1. The summed E-state index contributed by atoms with van der Waals surface area (Å²) < 4.78 is 28.2. The molecule has 4 heteroatoms. The van der Waals surface area contributed by atoms with Crippen LogP contribution in [-0.4, -0.2) is 12.3 Å². The van der Waals surface area contributed by atoms with Gasteiger partial charge in [-0.1, -0.05) is 141 Å². The first-order valence-electron chi connectivity index (χ1n) is 12.5. The maximum Gasteiger partial charge on any atom is 0.143 e. The summed E-state index contributed by atoms with van der Waals surface area (Å²) in [6.07, 6.45) is 6.36. The molecular weight excluding hydrogens is 466 g/mol. The van der Waals surface area contributed by atoms with E-state index in [0.717, 1.165) is 53.3 Å². The molecule has 2 nitrogen and oxygen atoms in total. The largest absolute Gasteiger partial charge is 0.314 e. The molecule has 0 aromatic heterocycles. The van der Waals surface area contributed by atoms with Crippen LogP contribution in [0.15, 0.2) is 121 Å². The van der Waals surface area contributed by atoms with Crippen LogP contribution < -0.4 is 21.2 Å². The van der Waals surface area contributed by atoms with Crippen molar-refractivity contribution < 1.29 is 9.13 Å². The van der Waals surface area contributed by atoms with Crippen LogP contribution in [0, 0.1) is 0 Å². The summed E-state index contributed by atoms with van der Waals surface area (Å²) in [5.74, 6) is 0. The van der Waals surface area contributed by atoms with Gasteiger partial charge >= 0.3 is 0 Å². The minimum absolute atomic E-state index is 0.688. The van der Waals surface area contributed by atoms with Crippen molar-refractivity contribution in [3.8, 4) is 0 Å². The molecule has 4 aromatic carbocycles. The Morgan fingerprint density at radius 3 is 0.829 bits per heavy atom. The van der Waals surface area contributed by atoms with Gasteiger partial charge in [0.1, 0.15) is 14.3 Å². The van der Waals surface area contributed by atoms with Gasteiger partial charge in [0.25, 0.3) is 0 Å². The number of hydrogen-bond donors (Lipinski definition) is 0. The Balaban J connectivity index is 1.33. The zero-order valence-corrected chi connectivity index (χ0v) is 22.0. The van der Waals surface area contributed by atoms with Crippen LogP contribution in [-0.2, 0) is 9.13 Å². The predicted octanol–water partition coefficient (Wildman–Crippen LogP) is 6.97. The summed E-state index contributed by atoms with van der Waals surface area (Å²) in [6.45, 7) is 0. The molecule has 0 heterocycles. The van der Waals surface area contributed by atoms with Crippen molar-refractivity contribution in [2.75, 3.05) is 12.3 Å². The van der Waals surface area contributed by atoms with Gasteiger partial charge in [0.15, 0.2) is 0 Å². The molecule has 0 amide bonds. The summed E-state index contributed by atoms with van der Waals surface area (Å²) in [6, 6.07) is 39.7. The number of benzene rings is 4. The SMILES string of the molecule is O=P(CCCCCCCP(=O)(c1ccccc1)c1ccccc1)(c1ccccc1)c1ccccc1. The Labute approximate surface area is 210 Å². The van der Waals surface area contributed by atoms with Gasteiger partial charge in [-0.3, -0.25) is 0 Å². The van der Waals surface area contributed by atoms with E-state index in [1.807, 2.05) is 121 Å². The van der Waals surface area contributed by atoms with Gasteiger partial charge in [-0.25, -0.2) is 0 Å². The highest BCUT2D eigenvalue weighted by atomic mass is 31.2. The summed E-state index contributed by atoms with van der Waals surface area (Å²) in [5.41, 5.74) is 0. The van der Waals surface area contributed by atoms with Crippen LogP contribution in [0.1, 0.15) is 32.1 Å². The summed E-state index contributed by atoms with van der Waals surface area (Å²) in [5, 5.41) is 3.77. The van der Waals surface area contributed by atoms with Crippen molar-refractivity contribution in [1.82, 2.24) is 0 Å². The first-order chi connectivity index (χ1) is 17.1. The van der Waals surface area contributed by atoms with E-state index in [4.69, 9.17) is 0 Å². The molecule has 0 N–H and O–H groups in total. The van der Waals surface area contributed by atoms with E-state index in [9.17, 15) is 9.13 Å². The van der Waals surface area contributed by atoms with Gasteiger partial charge in [-0.05, 0) is 12.8 Å². The second kappa shape index (κ2) is 12.3. The molecule has 0 spiro atoms. The molecule has 0 saturated heterocycles. The lowest BCUT2D eigenvalue weighted by Gasteiger charge is -2.20. The highest BCUT2D eigenvalue weighted by Crippen LogP contribution is 2.45. The molecule has 0 atom stereocenters. The Hall–Kier alpha value is -2.66. The zero-order chi connectivity index (χ0) is 24.4. The van der Waals surface area contributed by atoms with Gasteiger partial charge in [0.2, 0.25) is 0 Å². The van der Waals surface area contributed by atoms with E-state index in [1.165, 1.54) is 0 Å². The van der Waals surface area contributed by atoms with Gasteiger partial charge in [0.05, 0.1) is 0 Å². The van der Waals surface area contributed by atoms with Crippen LogP contribution >= 0.6 is 14.3 Å². The third-order valence-electron chi connectivity index (χ3n) is 6.64. The monoisotopic (exact) mass is 500 g/mol. The molecule has 0 saturated carbocycles. The van der Waals surface area contributed by atoms with E-state index in [0.29, 0.717) is 12.3 Å². The highest BCUT2D eigenvalue weighted by Gasteiger charge is 2.27. The predicted molar refractivity (Wildman–Crippen MR) is 152 cm³/mol. The van der Waals surface area contributed by atoms with Gasteiger partial charge in [0, 0.05) is 33.5 Å². The molecule has 0 aliphatic rings. The van der Waals surface area contributed by atoms with Crippen LogP contribution in [0.3, 0.4) is 0 Å². The maximum absolute atomic E-state index is 14.1. The lowest BCUT2D eigenvalue weighted by molar-refractivity contribution is 0.578. The molecule has 4 rings (SSSR count). The van der Waals surface area contributed by atoms with Crippen molar-refractivity contribution in [2.45, 2.75) is 32.1 Å². The molecule has 0 radical (unpaired) electrons. The average Bonchev–Trinajstić information content (AvgIpc) is 2.94. The molecule has 0 aliphatic carbocycles. The summed E-state index contributed by atoms with van der Waals surface area (Å²) in [7, 11) is -5.26. The number of unbranched alkanes of at least 4 members (excludes halogenated alkanes) is 4. The number of hydrogen-bond acceptors (Lipinski definition) is 2. The molecule has 35 heavy (non-hydrogen) atoms. The molecule has 0 bridgehead atoms. The van der Waals surface area contributed by atoms with Crippen molar-refractivity contribution in [1.29, 1.82) is 0 Å². The maximum atomic E-state index is 14.1. The van der Waals surface area contributed by atoms with E-state index in [-0.39, 0.29) is 0 Å². The van der Waals surface area contributed by atoms with Crippen LogP contribution in [0.2, 0.25) is 0 Å². The first-order valence-corrected chi connectivity index (χ1v) is 16.3. The van der Waals surface area contributed by atoms with Gasteiger partial charge in [-0.15, -0.1) is 0 Å². The van der Waals surface area contributed by atoms with Gasteiger partial charge < -0.3 is 9.13 Å². The van der Waals surface area contributed by atoms with E-state index in [1.54, 1.807) is 0 Å². The zero-order valence-electron chi connectivity index (χ0n) is 20.2. The average molecular weight is 501 g/mol. The van der Waals surface area contributed by atoms with E-state index >= 15 is 0 Å². The Morgan fingerprint density at radius 1 is 0.343 bits per heavy atom. The van der Waals surface area contributed by atoms with Gasteiger partial charge in [-0.2, -0.15) is 0 Å². The quantitative estimate of drug-likeness (QED) is 0.156. The molecule has 4 aromatic rings. The molecule has 180 valence electrons. The molecular formula is C31H34O2P2. The van der Waals surface area contributed by atoms with E-state index < -0.39 is 14.3 Å². The first kappa shape index (κ1) is 25.4. The fourth-order valence-electron chi connectivity index (χ4n) is 4.69. The molecule has 0 aliphatic heterocycles. The fourth-order valence-corrected chi connectivity index (χ4v) is 10.3. The minimum atomic E-state index is -2.63. The van der Waals surface area contributed by atoms with Crippen molar-refractivity contribution in [2.24, 2.45) is 0 Å². The fraction of sp³-hybridized carbons (Fsp3) is 0.226. The summed E-state index contributed by atoms with van der Waals surface area (Å²) in [4.78, 5) is 0. The Bertz CT molecular complexity index is 1070. The minimum Gasteiger partial charge on any atom is -0.314 e. The van der Waals surface area contributed by atoms with Crippen molar-refractivity contribution in [3.05, 3.63) is 121 Å². The molecule has 0 fully saturated rings. The lowest BCUT2D eigenvalue weighted by atomic mass is 10.2. The van der Waals surface area contributed by atoms with Crippen molar-refractivity contribution >= 4 is 35.5 Å². The van der Waals surface area contributed by atoms with Crippen LogP contribution in [0.5, 0.6) is 0 Å². The normalized spacial score (nSPS) is 11.9. The summed E-state index contributed by atoms with van der Waals surface area (Å²) >= 11 is 0. The van der Waals surface area contributed by atoms with Crippen LogP contribution in [0.4, 0.5) is 0 Å². The third kappa shape index (κ3) is 6.32. The smallest absolute Gasteiger partial charge is 0.143 e. The second-order valence-electron chi connectivity index (χ2n) is 9.04. The second-order valence-corrected chi connectivity index (χ2v) is 15.0. The Kier molecular flexibility index (Phi) is 8.97. The number of rotatable bonds is 12. The topological polar surface area (TPSA) is 34.1 Å². The van der Waals surface area contributed by atoms with E-state index in [2.05, 4.69) is 0 Å². The van der Waals surface area contributed by atoms with Crippen molar-refractivity contribution in [3.63, 3.8) is 0 Å². The Morgan fingerprint density at radius 2 is 0.571 bits per heavy atom. The lowest BCUT2D eigenvalue weighted by Crippen LogP contribution is -2.18. The highest BCUT2D eigenvalue weighted by molar-refractivity contribution is 7.79. The van der Waals surface area contributed by atoms with Crippen LogP contribution in [0.25, 0.3) is 0 Å². The molecule has 0 unspecified atom stereocenters.